The fourth-order valence-electron chi connectivity index (χ4n) is 2.27. The third-order valence-electron chi connectivity index (χ3n) is 3.54. The van der Waals surface area contributed by atoms with E-state index >= 15 is 0 Å². The molecule has 0 radical (unpaired) electrons. The van der Waals surface area contributed by atoms with Crippen molar-refractivity contribution in [1.29, 1.82) is 10.5 Å². The average Bonchev–Trinajstić information content (AvgIpc) is 2.69. The molecule has 0 N–H and O–H groups in total. The fourth-order valence-corrected chi connectivity index (χ4v) is 3.20. The molecule has 0 saturated carbocycles. The van der Waals surface area contributed by atoms with Crippen molar-refractivity contribution in [3.05, 3.63) is 83.9 Å². The Morgan fingerprint density at radius 1 is 0.704 bits per heavy atom. The zero-order valence-electron chi connectivity index (χ0n) is 13.9. The molecule has 0 bridgehead atoms. The topological polar surface area (TPSA) is 100 Å². The first kappa shape index (κ1) is 18.0. The first-order chi connectivity index (χ1) is 13.0. The quantitative estimate of drug-likeness (QED) is 0.624. The van der Waals surface area contributed by atoms with Crippen LogP contribution in [0.1, 0.15) is 11.1 Å². The van der Waals surface area contributed by atoms with E-state index in [-0.39, 0.29) is 33.3 Å². The van der Waals surface area contributed by atoms with E-state index in [9.17, 15) is 18.9 Å². The monoisotopic (exact) mass is 376 g/mol. The molecule has 0 unspecified atom stereocenters. The van der Waals surface area contributed by atoms with Gasteiger partial charge in [0, 0.05) is 0 Å². The van der Waals surface area contributed by atoms with Crippen molar-refractivity contribution in [3.8, 4) is 29.4 Å². The standard InChI is InChI=1S/C20H12N2O4S/c21-13-15-5-4-6-16(14-22)20(15)25-17-9-11-19(12-10-17)27(23,24)26-18-7-2-1-3-8-18/h1-12H. The highest BCUT2D eigenvalue weighted by Gasteiger charge is 2.17. The van der Waals surface area contributed by atoms with E-state index in [2.05, 4.69) is 0 Å². The van der Waals surface area contributed by atoms with Crippen LogP contribution < -0.4 is 8.92 Å². The Morgan fingerprint density at radius 3 is 1.85 bits per heavy atom. The number of nitrogens with zero attached hydrogens (tertiary/aromatic N) is 2. The van der Waals surface area contributed by atoms with E-state index < -0.39 is 10.1 Å². The highest BCUT2D eigenvalue weighted by atomic mass is 32.2. The van der Waals surface area contributed by atoms with E-state index in [4.69, 9.17) is 8.92 Å². The van der Waals surface area contributed by atoms with Crippen molar-refractivity contribution < 1.29 is 17.3 Å². The van der Waals surface area contributed by atoms with Crippen molar-refractivity contribution in [2.75, 3.05) is 0 Å². The third kappa shape index (κ3) is 4.06. The lowest BCUT2D eigenvalue weighted by atomic mass is 10.1. The number of ether oxygens (including phenoxy) is 1. The number of hydrogen-bond acceptors (Lipinski definition) is 6. The summed E-state index contributed by atoms with van der Waals surface area (Å²) >= 11 is 0. The van der Waals surface area contributed by atoms with Crippen LogP contribution >= 0.6 is 0 Å². The van der Waals surface area contributed by atoms with E-state index in [1.807, 2.05) is 12.1 Å². The van der Waals surface area contributed by atoms with Crippen LogP contribution in [0.2, 0.25) is 0 Å². The third-order valence-corrected chi connectivity index (χ3v) is 4.80. The molecule has 0 atom stereocenters. The van der Waals surface area contributed by atoms with Crippen molar-refractivity contribution in [2.45, 2.75) is 4.90 Å². The van der Waals surface area contributed by atoms with Crippen LogP contribution in [-0.4, -0.2) is 8.42 Å². The van der Waals surface area contributed by atoms with Gasteiger partial charge < -0.3 is 8.92 Å². The van der Waals surface area contributed by atoms with Crippen LogP contribution in [0.3, 0.4) is 0 Å². The number of benzene rings is 3. The van der Waals surface area contributed by atoms with Gasteiger partial charge in [-0.1, -0.05) is 24.3 Å². The lowest BCUT2D eigenvalue weighted by Crippen LogP contribution is -2.09. The molecule has 7 heteroatoms. The molecule has 132 valence electrons. The number of para-hydroxylation sites is 2. The van der Waals surface area contributed by atoms with Gasteiger partial charge in [-0.25, -0.2) is 0 Å². The van der Waals surface area contributed by atoms with Gasteiger partial charge in [-0.3, -0.25) is 0 Å². The second-order valence-corrected chi connectivity index (χ2v) is 6.88. The first-order valence-electron chi connectivity index (χ1n) is 7.74. The summed E-state index contributed by atoms with van der Waals surface area (Å²) in [7, 11) is -3.99. The maximum Gasteiger partial charge on any atom is 0.339 e. The van der Waals surface area contributed by atoms with E-state index in [1.165, 1.54) is 48.5 Å². The Morgan fingerprint density at radius 2 is 1.30 bits per heavy atom. The van der Waals surface area contributed by atoms with Gasteiger partial charge in [0.25, 0.3) is 0 Å². The summed E-state index contributed by atoms with van der Waals surface area (Å²) in [6.45, 7) is 0. The number of hydrogen-bond donors (Lipinski definition) is 0. The van der Waals surface area contributed by atoms with E-state index in [1.54, 1.807) is 24.3 Å². The smallest absolute Gasteiger partial charge is 0.339 e. The van der Waals surface area contributed by atoms with Crippen LogP contribution in [0, 0.1) is 22.7 Å². The summed E-state index contributed by atoms with van der Waals surface area (Å²) in [5.41, 5.74) is 0.413. The minimum atomic E-state index is -3.99. The first-order valence-corrected chi connectivity index (χ1v) is 9.15. The molecular formula is C20H12N2O4S. The second kappa shape index (κ2) is 7.61. The summed E-state index contributed by atoms with van der Waals surface area (Å²) in [5.74, 6) is 0.617. The fraction of sp³-hybridized carbons (Fsp3) is 0. The Bertz CT molecular complexity index is 1110. The van der Waals surface area contributed by atoms with Gasteiger partial charge in [0.2, 0.25) is 0 Å². The normalized spacial score (nSPS) is 10.4. The molecule has 0 spiro atoms. The van der Waals surface area contributed by atoms with Crippen LogP contribution in [-0.2, 0) is 10.1 Å². The molecule has 0 aliphatic carbocycles. The van der Waals surface area contributed by atoms with Gasteiger partial charge in [-0.15, -0.1) is 0 Å². The Hall–Kier alpha value is -3.81. The average molecular weight is 376 g/mol. The number of rotatable bonds is 5. The molecule has 27 heavy (non-hydrogen) atoms. The molecule has 3 rings (SSSR count). The molecule has 3 aromatic carbocycles. The highest BCUT2D eigenvalue weighted by Crippen LogP contribution is 2.29. The molecule has 6 nitrogen and oxygen atoms in total. The molecule has 0 saturated heterocycles. The Labute approximate surface area is 156 Å². The van der Waals surface area contributed by atoms with Crippen LogP contribution in [0.4, 0.5) is 0 Å². The van der Waals surface area contributed by atoms with Crippen LogP contribution in [0.25, 0.3) is 0 Å². The van der Waals surface area contributed by atoms with Crippen molar-refractivity contribution >= 4 is 10.1 Å². The van der Waals surface area contributed by atoms with Gasteiger partial charge in [0.05, 0.1) is 11.1 Å². The molecular weight excluding hydrogens is 364 g/mol. The Balaban J connectivity index is 1.85. The molecule has 0 aliphatic heterocycles. The molecule has 3 aromatic rings. The van der Waals surface area contributed by atoms with E-state index in [0.717, 1.165) is 0 Å². The molecule has 0 aromatic heterocycles. The largest absolute Gasteiger partial charge is 0.455 e. The number of nitriles is 2. The lowest BCUT2D eigenvalue weighted by molar-refractivity contribution is 0.477. The highest BCUT2D eigenvalue weighted by molar-refractivity contribution is 7.87. The second-order valence-electron chi connectivity index (χ2n) is 5.33. The van der Waals surface area contributed by atoms with Crippen molar-refractivity contribution in [2.24, 2.45) is 0 Å². The SMILES string of the molecule is N#Cc1cccc(C#N)c1Oc1ccc(S(=O)(=O)Oc2ccccc2)cc1. The molecule has 0 amide bonds. The molecule has 0 heterocycles. The maximum absolute atomic E-state index is 12.3. The Kier molecular flexibility index (Phi) is 5.07. The summed E-state index contributed by atoms with van der Waals surface area (Å²) < 4.78 is 35.3. The summed E-state index contributed by atoms with van der Waals surface area (Å²) in [6, 6.07) is 22.2. The molecule has 0 fully saturated rings. The zero-order valence-corrected chi connectivity index (χ0v) is 14.7. The minimum Gasteiger partial charge on any atom is -0.455 e. The molecule has 0 aliphatic rings. The predicted octanol–water partition coefficient (Wildman–Crippen LogP) is 3.99. The van der Waals surface area contributed by atoms with Gasteiger partial charge in [-0.2, -0.15) is 18.9 Å². The van der Waals surface area contributed by atoms with Crippen LogP contribution in [0.15, 0.2) is 77.7 Å². The maximum atomic E-state index is 12.3. The minimum absolute atomic E-state index is 0.0484. The predicted molar refractivity (Wildman–Crippen MR) is 96.6 cm³/mol. The van der Waals surface area contributed by atoms with Gasteiger partial charge in [-0.05, 0) is 48.5 Å². The van der Waals surface area contributed by atoms with E-state index in [0.29, 0.717) is 0 Å². The van der Waals surface area contributed by atoms with Gasteiger partial charge in [0.1, 0.15) is 28.5 Å². The summed E-state index contributed by atoms with van der Waals surface area (Å²) in [4.78, 5) is -0.0484. The van der Waals surface area contributed by atoms with Gasteiger partial charge in [0.15, 0.2) is 5.75 Å². The lowest BCUT2D eigenvalue weighted by Gasteiger charge is -2.10. The van der Waals surface area contributed by atoms with Crippen LogP contribution in [0.5, 0.6) is 17.2 Å². The zero-order chi connectivity index (χ0) is 19.3. The van der Waals surface area contributed by atoms with Crippen molar-refractivity contribution in [1.82, 2.24) is 0 Å². The summed E-state index contributed by atoms with van der Waals surface area (Å²) in [6.07, 6.45) is 0. The van der Waals surface area contributed by atoms with Crippen molar-refractivity contribution in [3.63, 3.8) is 0 Å². The summed E-state index contributed by atoms with van der Waals surface area (Å²) in [5, 5.41) is 18.3. The van der Waals surface area contributed by atoms with Gasteiger partial charge >= 0.3 is 10.1 Å².